The van der Waals surface area contributed by atoms with E-state index in [1.807, 2.05) is 0 Å². The number of hydrogen-bond donors (Lipinski definition) is 4. The number of carbonyl (C=O) groups excluding carboxylic acids is 1. The van der Waals surface area contributed by atoms with Gasteiger partial charge in [-0.3, -0.25) is 4.79 Å². The summed E-state index contributed by atoms with van der Waals surface area (Å²) in [6.45, 7) is 1.60. The summed E-state index contributed by atoms with van der Waals surface area (Å²) in [6, 6.07) is 6.14. The summed E-state index contributed by atoms with van der Waals surface area (Å²) in [7, 11) is -4.70. The van der Waals surface area contributed by atoms with Crippen molar-refractivity contribution in [2.45, 2.75) is 19.3 Å². The molecular weight excluding hydrogens is 321 g/mol. The third-order valence-electron chi connectivity index (χ3n) is 3.39. The van der Waals surface area contributed by atoms with Crippen LogP contribution in [0.4, 0.5) is 0 Å². The zero-order valence-electron chi connectivity index (χ0n) is 12.2. The van der Waals surface area contributed by atoms with Gasteiger partial charge in [0.05, 0.1) is 5.71 Å². The number of hydrogen-bond acceptors (Lipinski definition) is 4. The first-order valence-corrected chi connectivity index (χ1v) is 8.33. The summed E-state index contributed by atoms with van der Waals surface area (Å²) >= 11 is 0. The second kappa shape index (κ2) is 6.50. The molecule has 0 aliphatic heterocycles. The molecule has 4 N–H and O–H groups in total. The fourth-order valence-electron chi connectivity index (χ4n) is 2.25. The zero-order chi connectivity index (χ0) is 17.2. The summed E-state index contributed by atoms with van der Waals surface area (Å²) in [6.07, 6.45) is 2.39. The molecule has 0 heterocycles. The highest BCUT2D eigenvalue weighted by Gasteiger charge is 2.27. The van der Waals surface area contributed by atoms with Crippen molar-refractivity contribution in [2.24, 2.45) is 4.76 Å². The number of aliphatic hydroxyl groups excluding tert-OH is 1. The van der Waals surface area contributed by atoms with Crippen LogP contribution in [0.3, 0.4) is 0 Å². The molecule has 1 atom stereocenters. The Morgan fingerprint density at radius 2 is 2.00 bits per heavy atom. The normalized spacial score (nSPS) is 18.3. The molecule has 122 valence electrons. The molecule has 0 spiro atoms. The molecule has 1 aliphatic carbocycles. The molecule has 0 saturated carbocycles. The first kappa shape index (κ1) is 17.1. The van der Waals surface area contributed by atoms with Gasteiger partial charge in [-0.1, -0.05) is 19.1 Å². The number of Topliss-reactive ketones (excluding diaryl/α,β-unsaturated/α-hetero) is 1. The van der Waals surface area contributed by atoms with Gasteiger partial charge in [-0.05, 0) is 29.8 Å². The number of allylic oxidation sites excluding steroid dienone is 3. The van der Waals surface area contributed by atoms with E-state index in [0.717, 1.165) is 6.08 Å². The number of nitrogens with zero attached hydrogens (tertiary/aromatic N) is 1. The number of rotatable bonds is 4. The summed E-state index contributed by atoms with van der Waals surface area (Å²) < 4.78 is 14.4. The third kappa shape index (κ3) is 4.39. The van der Waals surface area contributed by atoms with Crippen LogP contribution >= 0.6 is 7.75 Å². The van der Waals surface area contributed by atoms with Gasteiger partial charge in [0.15, 0.2) is 5.78 Å². The monoisotopic (exact) mass is 337 g/mol. The van der Waals surface area contributed by atoms with E-state index in [4.69, 9.17) is 9.79 Å². The van der Waals surface area contributed by atoms with E-state index in [-0.39, 0.29) is 29.2 Å². The lowest BCUT2D eigenvalue weighted by atomic mass is 9.87. The van der Waals surface area contributed by atoms with Gasteiger partial charge in [0.25, 0.3) is 0 Å². The van der Waals surface area contributed by atoms with Crippen LogP contribution in [-0.2, 0) is 9.36 Å². The summed E-state index contributed by atoms with van der Waals surface area (Å²) in [5.74, 6) is -1.29. The molecule has 2 rings (SSSR count). The van der Waals surface area contributed by atoms with Gasteiger partial charge in [0.1, 0.15) is 11.5 Å². The largest absolute Gasteiger partial charge is 0.508 e. The number of aliphatic hydroxyl groups is 1. The van der Waals surface area contributed by atoms with E-state index in [9.17, 15) is 19.6 Å². The van der Waals surface area contributed by atoms with Crippen LogP contribution in [0.1, 0.15) is 24.8 Å². The molecule has 1 unspecified atom stereocenters. The highest BCUT2D eigenvalue weighted by Crippen LogP contribution is 2.38. The van der Waals surface area contributed by atoms with Gasteiger partial charge >= 0.3 is 7.75 Å². The van der Waals surface area contributed by atoms with E-state index < -0.39 is 19.4 Å². The fourth-order valence-corrected chi connectivity index (χ4v) is 2.75. The predicted octanol–water partition coefficient (Wildman–Crippen LogP) is 2.37. The van der Waals surface area contributed by atoms with Crippen molar-refractivity contribution in [3.63, 3.8) is 0 Å². The lowest BCUT2D eigenvalue weighted by Crippen LogP contribution is -2.20. The Morgan fingerprint density at radius 1 is 1.30 bits per heavy atom. The molecule has 0 bridgehead atoms. The number of carbonyl (C=O) groups is 1. The van der Waals surface area contributed by atoms with Crippen LogP contribution in [0.5, 0.6) is 5.75 Å². The molecule has 0 aromatic heterocycles. The van der Waals surface area contributed by atoms with Crippen molar-refractivity contribution in [2.75, 3.05) is 0 Å². The van der Waals surface area contributed by atoms with Crippen molar-refractivity contribution in [1.29, 1.82) is 0 Å². The van der Waals surface area contributed by atoms with E-state index in [1.54, 1.807) is 19.1 Å². The number of benzene rings is 1. The topological polar surface area (TPSA) is 127 Å². The molecule has 0 amide bonds. The number of phenols is 1. The maximum Gasteiger partial charge on any atom is 0.448 e. The van der Waals surface area contributed by atoms with Gasteiger partial charge in [-0.15, -0.1) is 0 Å². The standard InChI is InChI=1S/C15H16NO6P/c1-9(10-3-2-4-11(17)7-10)15(19)13-8-12(18)5-6-14(13)16-23(20,21)22/h2-5,7-9,17-18H,6H2,1H3,(H2,20,21,22). The van der Waals surface area contributed by atoms with Gasteiger partial charge in [-0.2, -0.15) is 4.76 Å². The van der Waals surface area contributed by atoms with Crippen molar-refractivity contribution in [1.82, 2.24) is 0 Å². The van der Waals surface area contributed by atoms with Crippen molar-refractivity contribution in [3.8, 4) is 5.75 Å². The Labute approximate surface area is 132 Å². The Hall–Kier alpha value is -2.21. The molecule has 8 heteroatoms. The number of aromatic hydroxyl groups is 1. The Balaban J connectivity index is 2.40. The highest BCUT2D eigenvalue weighted by atomic mass is 31.2. The summed E-state index contributed by atoms with van der Waals surface area (Å²) in [5, 5.41) is 19.1. The number of ketones is 1. The molecule has 1 aromatic rings. The molecule has 0 radical (unpaired) electrons. The molecule has 23 heavy (non-hydrogen) atoms. The van der Waals surface area contributed by atoms with Gasteiger partial charge in [0, 0.05) is 17.9 Å². The number of phenolic OH excluding ortho intramolecular Hbond substituents is 1. The Kier molecular flexibility index (Phi) is 4.85. The molecular formula is C15H16NO6P. The predicted molar refractivity (Wildman–Crippen MR) is 84.4 cm³/mol. The maximum absolute atomic E-state index is 12.6. The lowest BCUT2D eigenvalue weighted by Gasteiger charge is -2.17. The maximum atomic E-state index is 12.6. The minimum absolute atomic E-state index is 0.00613. The molecule has 0 saturated heterocycles. The Bertz CT molecular complexity index is 774. The summed E-state index contributed by atoms with van der Waals surface area (Å²) in [4.78, 5) is 30.6. The van der Waals surface area contributed by atoms with Crippen molar-refractivity contribution in [3.05, 3.63) is 53.3 Å². The van der Waals surface area contributed by atoms with Crippen molar-refractivity contribution < 1.29 is 29.4 Å². The molecule has 1 aromatic carbocycles. The van der Waals surface area contributed by atoms with Gasteiger partial charge < -0.3 is 20.0 Å². The first-order chi connectivity index (χ1) is 10.7. The van der Waals surface area contributed by atoms with Crippen LogP contribution in [0, 0.1) is 0 Å². The van der Waals surface area contributed by atoms with Crippen LogP contribution < -0.4 is 0 Å². The van der Waals surface area contributed by atoms with Crippen LogP contribution in [0.25, 0.3) is 0 Å². The second-order valence-electron chi connectivity index (χ2n) is 5.13. The smallest absolute Gasteiger partial charge is 0.448 e. The second-order valence-corrected chi connectivity index (χ2v) is 6.36. The van der Waals surface area contributed by atoms with Gasteiger partial charge in [0.2, 0.25) is 0 Å². The van der Waals surface area contributed by atoms with Crippen LogP contribution in [0.2, 0.25) is 0 Å². The molecule has 7 nitrogen and oxygen atoms in total. The minimum atomic E-state index is -4.70. The summed E-state index contributed by atoms with van der Waals surface area (Å²) in [5.41, 5.74) is 0.415. The van der Waals surface area contributed by atoms with Gasteiger partial charge in [-0.25, -0.2) is 4.57 Å². The molecule has 1 aliphatic rings. The van der Waals surface area contributed by atoms with Crippen molar-refractivity contribution >= 4 is 19.2 Å². The fraction of sp³-hybridized carbons (Fsp3) is 0.200. The van der Waals surface area contributed by atoms with E-state index in [0.29, 0.717) is 5.56 Å². The van der Waals surface area contributed by atoms with Crippen LogP contribution in [-0.4, -0.2) is 31.5 Å². The molecule has 0 fully saturated rings. The average molecular weight is 337 g/mol. The van der Waals surface area contributed by atoms with E-state index >= 15 is 0 Å². The quantitative estimate of drug-likeness (QED) is 0.625. The van der Waals surface area contributed by atoms with E-state index in [1.165, 1.54) is 18.2 Å². The average Bonchev–Trinajstić information content (AvgIpc) is 2.46. The third-order valence-corrected chi connectivity index (χ3v) is 3.89. The highest BCUT2D eigenvalue weighted by molar-refractivity contribution is 7.50. The van der Waals surface area contributed by atoms with E-state index in [2.05, 4.69) is 4.76 Å². The SMILES string of the molecule is CC(C(=O)C1=CC(O)=CCC1=NP(=O)(O)O)c1cccc(O)c1. The minimum Gasteiger partial charge on any atom is -0.508 e. The Morgan fingerprint density at radius 3 is 2.61 bits per heavy atom. The van der Waals surface area contributed by atoms with Crippen LogP contribution in [0.15, 0.2) is 52.5 Å². The first-order valence-electron chi connectivity index (χ1n) is 6.76. The zero-order valence-corrected chi connectivity index (χ0v) is 13.1. The lowest BCUT2D eigenvalue weighted by molar-refractivity contribution is -0.116.